The van der Waals surface area contributed by atoms with Gasteiger partial charge in [0.1, 0.15) is 4.88 Å². The van der Waals surface area contributed by atoms with Crippen LogP contribution in [0, 0.1) is 17.0 Å². The molecule has 20 heavy (non-hydrogen) atoms. The number of aromatic carboxylic acids is 1. The summed E-state index contributed by atoms with van der Waals surface area (Å²) in [7, 11) is 0. The topological polar surface area (TPSA) is 93.3 Å². The van der Waals surface area contributed by atoms with Crippen molar-refractivity contribution in [1.82, 2.24) is 4.98 Å². The molecule has 0 amide bonds. The van der Waals surface area contributed by atoms with Crippen molar-refractivity contribution in [3.63, 3.8) is 0 Å². The molecule has 7 heteroatoms. The minimum absolute atomic E-state index is 0.0371. The number of hydrogen-bond donors (Lipinski definition) is 1. The Labute approximate surface area is 118 Å². The van der Waals surface area contributed by atoms with E-state index in [0.29, 0.717) is 28.2 Å². The predicted molar refractivity (Wildman–Crippen MR) is 75.3 cm³/mol. The molecule has 0 saturated heterocycles. The predicted octanol–water partition coefficient (Wildman–Crippen LogP) is 3.29. The minimum Gasteiger partial charge on any atom is -0.477 e. The maximum atomic E-state index is 11.2. The van der Waals surface area contributed by atoms with Gasteiger partial charge in [-0.3, -0.25) is 10.1 Å². The first-order chi connectivity index (χ1) is 9.43. The van der Waals surface area contributed by atoms with E-state index in [2.05, 4.69) is 4.98 Å². The van der Waals surface area contributed by atoms with Gasteiger partial charge >= 0.3 is 5.97 Å². The van der Waals surface area contributed by atoms with Crippen molar-refractivity contribution < 1.29 is 14.8 Å². The smallest absolute Gasteiger partial charge is 0.348 e. The highest BCUT2D eigenvalue weighted by atomic mass is 32.1. The fourth-order valence-electron chi connectivity index (χ4n) is 1.81. The number of carbonyl (C=O) groups is 1. The van der Waals surface area contributed by atoms with Gasteiger partial charge < -0.3 is 5.11 Å². The Morgan fingerprint density at radius 1 is 1.50 bits per heavy atom. The van der Waals surface area contributed by atoms with E-state index in [9.17, 15) is 20.0 Å². The number of hydrogen-bond acceptors (Lipinski definition) is 5. The molecule has 0 aliphatic heterocycles. The van der Waals surface area contributed by atoms with E-state index >= 15 is 0 Å². The minimum atomic E-state index is -1.07. The number of nitro groups is 1. The lowest BCUT2D eigenvalue weighted by Gasteiger charge is -2.01. The lowest BCUT2D eigenvalue weighted by atomic mass is 10.1. The SMILES string of the molecule is CCc1nc(-c2ccc(C)c([N+](=O)[O-])c2)c(C(=O)O)s1. The Balaban J connectivity index is 2.62. The molecule has 0 bridgehead atoms. The molecule has 1 aromatic heterocycles. The zero-order valence-corrected chi connectivity index (χ0v) is 11.7. The van der Waals surface area contributed by atoms with E-state index in [-0.39, 0.29) is 10.6 Å². The van der Waals surface area contributed by atoms with Crippen LogP contribution in [0.3, 0.4) is 0 Å². The van der Waals surface area contributed by atoms with E-state index in [1.807, 2.05) is 6.92 Å². The van der Waals surface area contributed by atoms with Crippen LogP contribution < -0.4 is 0 Å². The van der Waals surface area contributed by atoms with Crippen molar-refractivity contribution in [3.05, 3.63) is 43.8 Å². The van der Waals surface area contributed by atoms with Gasteiger partial charge in [-0.05, 0) is 13.3 Å². The zero-order chi connectivity index (χ0) is 14.9. The summed E-state index contributed by atoms with van der Waals surface area (Å²) in [6, 6.07) is 4.63. The Hall–Kier alpha value is -2.28. The van der Waals surface area contributed by atoms with Crippen molar-refractivity contribution in [2.24, 2.45) is 0 Å². The number of carboxylic acids is 1. The molecule has 104 valence electrons. The largest absolute Gasteiger partial charge is 0.477 e. The molecule has 0 unspecified atom stereocenters. The van der Waals surface area contributed by atoms with Crippen LogP contribution in [0.5, 0.6) is 0 Å². The van der Waals surface area contributed by atoms with Crippen molar-refractivity contribution in [2.75, 3.05) is 0 Å². The molecule has 0 aliphatic carbocycles. The third kappa shape index (κ3) is 2.53. The summed E-state index contributed by atoms with van der Waals surface area (Å²) in [5.74, 6) is -1.07. The average Bonchev–Trinajstić information content (AvgIpc) is 2.83. The molecule has 0 fully saturated rings. The summed E-state index contributed by atoms with van der Waals surface area (Å²) >= 11 is 1.10. The van der Waals surface area contributed by atoms with E-state index in [4.69, 9.17) is 0 Å². The quantitative estimate of drug-likeness (QED) is 0.689. The number of nitrogens with zero attached hydrogens (tertiary/aromatic N) is 2. The number of nitro benzene ring substituents is 1. The highest BCUT2D eigenvalue weighted by molar-refractivity contribution is 7.14. The number of aryl methyl sites for hydroxylation is 2. The first kappa shape index (κ1) is 14.1. The monoisotopic (exact) mass is 292 g/mol. The van der Waals surface area contributed by atoms with Crippen LogP contribution in [0.2, 0.25) is 0 Å². The average molecular weight is 292 g/mol. The van der Waals surface area contributed by atoms with Gasteiger partial charge in [0.15, 0.2) is 0 Å². The second-order valence-corrected chi connectivity index (χ2v) is 5.29. The van der Waals surface area contributed by atoms with Gasteiger partial charge in [-0.15, -0.1) is 11.3 Å². The number of rotatable bonds is 4. The number of carboxylic acid groups (broad SMARTS) is 1. The van der Waals surface area contributed by atoms with Gasteiger partial charge in [-0.25, -0.2) is 9.78 Å². The molecule has 1 heterocycles. The molecular formula is C13H12N2O4S. The van der Waals surface area contributed by atoms with Crippen molar-refractivity contribution in [3.8, 4) is 11.3 Å². The third-order valence-electron chi connectivity index (χ3n) is 2.85. The van der Waals surface area contributed by atoms with E-state index in [0.717, 1.165) is 11.3 Å². The first-order valence-electron chi connectivity index (χ1n) is 5.92. The lowest BCUT2D eigenvalue weighted by molar-refractivity contribution is -0.385. The van der Waals surface area contributed by atoms with E-state index in [1.54, 1.807) is 19.1 Å². The maximum Gasteiger partial charge on any atom is 0.348 e. The van der Waals surface area contributed by atoms with Crippen LogP contribution in [0.15, 0.2) is 18.2 Å². The zero-order valence-electron chi connectivity index (χ0n) is 10.9. The van der Waals surface area contributed by atoms with Gasteiger partial charge in [0, 0.05) is 17.2 Å². The van der Waals surface area contributed by atoms with Crippen LogP contribution in [0.25, 0.3) is 11.3 Å². The standard InChI is InChI=1S/C13H12N2O4S/c1-3-10-14-11(12(20-10)13(16)17)8-5-4-7(2)9(6-8)15(18)19/h4-6H,3H2,1-2H3,(H,16,17). The number of aromatic nitrogens is 1. The van der Waals surface area contributed by atoms with Gasteiger partial charge in [0.25, 0.3) is 5.69 Å². The van der Waals surface area contributed by atoms with Crippen LogP contribution in [0.1, 0.15) is 27.2 Å². The highest BCUT2D eigenvalue weighted by Crippen LogP contribution is 2.32. The Bertz CT molecular complexity index is 694. The van der Waals surface area contributed by atoms with E-state index in [1.165, 1.54) is 6.07 Å². The van der Waals surface area contributed by atoms with Crippen LogP contribution in [-0.4, -0.2) is 21.0 Å². The van der Waals surface area contributed by atoms with Crippen molar-refractivity contribution >= 4 is 23.0 Å². The molecule has 2 rings (SSSR count). The van der Waals surface area contributed by atoms with Crippen molar-refractivity contribution in [2.45, 2.75) is 20.3 Å². The Morgan fingerprint density at radius 3 is 2.75 bits per heavy atom. The highest BCUT2D eigenvalue weighted by Gasteiger charge is 2.20. The van der Waals surface area contributed by atoms with Gasteiger partial charge in [-0.1, -0.05) is 19.1 Å². The Morgan fingerprint density at radius 2 is 2.20 bits per heavy atom. The second-order valence-electron chi connectivity index (χ2n) is 4.20. The number of benzene rings is 1. The van der Waals surface area contributed by atoms with Crippen molar-refractivity contribution in [1.29, 1.82) is 0 Å². The molecule has 0 aliphatic rings. The summed E-state index contributed by atoms with van der Waals surface area (Å²) in [5.41, 5.74) is 1.24. The Kier molecular flexibility index (Phi) is 3.80. The first-order valence-corrected chi connectivity index (χ1v) is 6.74. The van der Waals surface area contributed by atoms with Gasteiger partial charge in [-0.2, -0.15) is 0 Å². The molecule has 0 spiro atoms. The molecule has 0 radical (unpaired) electrons. The molecule has 2 aromatic rings. The molecular weight excluding hydrogens is 280 g/mol. The van der Waals surface area contributed by atoms with Gasteiger partial charge in [0.2, 0.25) is 0 Å². The second kappa shape index (κ2) is 5.38. The van der Waals surface area contributed by atoms with Gasteiger partial charge in [0.05, 0.1) is 15.6 Å². The summed E-state index contributed by atoms with van der Waals surface area (Å²) in [4.78, 5) is 26.1. The molecule has 1 N–H and O–H groups in total. The third-order valence-corrected chi connectivity index (χ3v) is 4.04. The molecule has 0 atom stereocenters. The summed E-state index contributed by atoms with van der Waals surface area (Å²) < 4.78 is 0. The molecule has 0 saturated carbocycles. The fraction of sp³-hybridized carbons (Fsp3) is 0.231. The summed E-state index contributed by atoms with van der Waals surface area (Å²) in [6.07, 6.45) is 0.624. The maximum absolute atomic E-state index is 11.2. The number of thiazole rings is 1. The van der Waals surface area contributed by atoms with Crippen LogP contribution >= 0.6 is 11.3 Å². The van der Waals surface area contributed by atoms with Crippen LogP contribution in [-0.2, 0) is 6.42 Å². The molecule has 1 aromatic carbocycles. The fourth-order valence-corrected chi connectivity index (χ4v) is 2.67. The molecule has 6 nitrogen and oxygen atoms in total. The van der Waals surface area contributed by atoms with E-state index < -0.39 is 10.9 Å². The summed E-state index contributed by atoms with van der Waals surface area (Å²) in [6.45, 7) is 3.52. The normalized spacial score (nSPS) is 10.5. The van der Waals surface area contributed by atoms with Crippen LogP contribution in [0.4, 0.5) is 5.69 Å². The summed E-state index contributed by atoms with van der Waals surface area (Å²) in [5, 5.41) is 20.9. The lowest BCUT2D eigenvalue weighted by Crippen LogP contribution is -1.97.